The smallest absolute Gasteiger partial charge is 0.339 e. The van der Waals surface area contributed by atoms with Gasteiger partial charge in [-0.05, 0) is 18.2 Å². The molecule has 0 radical (unpaired) electrons. The molecule has 7 nitrogen and oxygen atoms in total. The highest BCUT2D eigenvalue weighted by molar-refractivity contribution is 7.99. The molecule has 104 valence electrons. The van der Waals surface area contributed by atoms with E-state index in [0.29, 0.717) is 4.90 Å². The van der Waals surface area contributed by atoms with E-state index >= 15 is 0 Å². The van der Waals surface area contributed by atoms with Crippen molar-refractivity contribution in [1.82, 2.24) is 14.8 Å². The van der Waals surface area contributed by atoms with Crippen LogP contribution in [0.2, 0.25) is 5.02 Å². The van der Waals surface area contributed by atoms with Gasteiger partial charge in [0.15, 0.2) is 5.16 Å². The molecular weight excluding hydrogens is 306 g/mol. The number of hydrogen-bond donors (Lipinski definition) is 2. The number of halogens is 1. The molecule has 0 saturated carbocycles. The van der Waals surface area contributed by atoms with Crippen molar-refractivity contribution in [2.45, 2.75) is 10.1 Å². The zero-order valence-electron chi connectivity index (χ0n) is 10.1. The summed E-state index contributed by atoms with van der Waals surface area (Å²) in [6.07, 6.45) is 0. The van der Waals surface area contributed by atoms with Gasteiger partial charge < -0.3 is 5.11 Å². The summed E-state index contributed by atoms with van der Waals surface area (Å²) in [4.78, 5) is 37.3. The SMILES string of the molecule is Cn1[nH]c(=O)c(=O)nc1Sc1ccc(C(=O)O)c(Cl)c1. The molecule has 9 heteroatoms. The fourth-order valence-electron chi connectivity index (χ4n) is 1.39. The molecule has 0 atom stereocenters. The van der Waals surface area contributed by atoms with E-state index in [9.17, 15) is 14.4 Å². The predicted octanol–water partition coefficient (Wildman–Crippen LogP) is 0.971. The van der Waals surface area contributed by atoms with Crippen molar-refractivity contribution in [2.75, 3.05) is 0 Å². The number of hydrogen-bond acceptors (Lipinski definition) is 5. The molecule has 0 unspecified atom stereocenters. The highest BCUT2D eigenvalue weighted by Gasteiger charge is 2.11. The molecule has 2 N–H and O–H groups in total. The van der Waals surface area contributed by atoms with Crippen LogP contribution in [-0.4, -0.2) is 25.8 Å². The monoisotopic (exact) mass is 313 g/mol. The Morgan fingerprint density at radius 1 is 1.45 bits per heavy atom. The average Bonchev–Trinajstić information content (AvgIpc) is 2.35. The molecule has 20 heavy (non-hydrogen) atoms. The third kappa shape index (κ3) is 2.91. The van der Waals surface area contributed by atoms with Crippen LogP contribution in [0.3, 0.4) is 0 Å². The van der Waals surface area contributed by atoms with Crippen LogP contribution < -0.4 is 11.1 Å². The lowest BCUT2D eigenvalue weighted by Crippen LogP contribution is -2.33. The number of aromatic amines is 1. The van der Waals surface area contributed by atoms with Gasteiger partial charge in [-0.3, -0.25) is 19.4 Å². The normalized spacial score (nSPS) is 10.5. The molecule has 1 heterocycles. The molecule has 1 aromatic heterocycles. The molecule has 1 aromatic carbocycles. The van der Waals surface area contributed by atoms with E-state index in [-0.39, 0.29) is 15.7 Å². The molecule has 0 aliphatic carbocycles. The van der Waals surface area contributed by atoms with Gasteiger partial charge in [0, 0.05) is 11.9 Å². The van der Waals surface area contributed by atoms with Crippen LogP contribution in [0.5, 0.6) is 0 Å². The summed E-state index contributed by atoms with van der Waals surface area (Å²) in [6.45, 7) is 0. The molecule has 0 fully saturated rings. The zero-order valence-corrected chi connectivity index (χ0v) is 11.7. The maximum Gasteiger partial charge on any atom is 0.339 e. The Labute approximate surface area is 121 Å². The van der Waals surface area contributed by atoms with Crippen LogP contribution in [0, 0.1) is 0 Å². The van der Waals surface area contributed by atoms with Crippen molar-refractivity contribution in [3.05, 3.63) is 49.5 Å². The fraction of sp³-hybridized carbons (Fsp3) is 0.0909. The Balaban J connectivity index is 2.38. The number of carboxylic acid groups (broad SMARTS) is 1. The molecule has 2 rings (SSSR count). The summed E-state index contributed by atoms with van der Waals surface area (Å²) in [7, 11) is 1.53. The average molecular weight is 314 g/mol. The first-order valence-electron chi connectivity index (χ1n) is 5.26. The standard InChI is InChI=1S/C11H8ClN3O4S/c1-15-11(13-8(16)9(17)14-15)20-5-2-3-6(10(18)19)7(12)4-5/h2-4H,1H3,(H,14,17)(H,18,19). The van der Waals surface area contributed by atoms with Gasteiger partial charge in [-0.2, -0.15) is 4.98 Å². The van der Waals surface area contributed by atoms with Crippen LogP contribution in [0.1, 0.15) is 10.4 Å². The number of aromatic nitrogens is 3. The number of carboxylic acids is 1. The summed E-state index contributed by atoms with van der Waals surface area (Å²) >= 11 is 6.92. The quantitative estimate of drug-likeness (QED) is 0.818. The van der Waals surface area contributed by atoms with Gasteiger partial charge in [-0.25, -0.2) is 4.79 Å². The second kappa shape index (κ2) is 5.51. The Morgan fingerprint density at radius 2 is 2.15 bits per heavy atom. The first-order chi connectivity index (χ1) is 9.38. The maximum atomic E-state index is 11.2. The molecule has 0 aliphatic heterocycles. The summed E-state index contributed by atoms with van der Waals surface area (Å²) < 4.78 is 1.30. The molecule has 0 spiro atoms. The van der Waals surface area contributed by atoms with Crippen LogP contribution in [0.4, 0.5) is 0 Å². The van der Waals surface area contributed by atoms with Gasteiger partial charge >= 0.3 is 17.1 Å². The first kappa shape index (κ1) is 14.4. The Hall–Kier alpha value is -2.06. The summed E-state index contributed by atoms with van der Waals surface area (Å²) in [6, 6.07) is 4.35. The van der Waals surface area contributed by atoms with Crippen LogP contribution in [-0.2, 0) is 7.05 Å². The molecule has 0 bridgehead atoms. The Kier molecular flexibility index (Phi) is 3.96. The summed E-state index contributed by atoms with van der Waals surface area (Å²) in [5, 5.41) is 11.5. The summed E-state index contributed by atoms with van der Waals surface area (Å²) in [5.74, 6) is -1.12. The topological polar surface area (TPSA) is 105 Å². The summed E-state index contributed by atoms with van der Waals surface area (Å²) in [5.41, 5.74) is -1.71. The highest BCUT2D eigenvalue weighted by Crippen LogP contribution is 2.28. The number of aromatic carboxylic acids is 1. The molecular formula is C11H8ClN3O4S. The Bertz CT molecular complexity index is 799. The lowest BCUT2D eigenvalue weighted by Gasteiger charge is -2.06. The minimum absolute atomic E-state index is 0.0145. The van der Waals surface area contributed by atoms with Gasteiger partial charge in [-0.15, -0.1) is 0 Å². The van der Waals surface area contributed by atoms with Crippen LogP contribution in [0.25, 0.3) is 0 Å². The zero-order chi connectivity index (χ0) is 14.9. The number of nitrogens with zero attached hydrogens (tertiary/aromatic N) is 2. The van der Waals surface area contributed by atoms with Crippen molar-refractivity contribution in [3.63, 3.8) is 0 Å². The largest absolute Gasteiger partial charge is 0.478 e. The third-order valence-electron chi connectivity index (χ3n) is 2.33. The van der Waals surface area contributed by atoms with Gasteiger partial charge in [0.05, 0.1) is 10.6 Å². The minimum atomic E-state index is -1.12. The van der Waals surface area contributed by atoms with Crippen molar-refractivity contribution >= 4 is 29.3 Å². The van der Waals surface area contributed by atoms with Crippen LogP contribution >= 0.6 is 23.4 Å². The number of aryl methyl sites for hydroxylation is 1. The van der Waals surface area contributed by atoms with Crippen molar-refractivity contribution in [1.29, 1.82) is 0 Å². The van der Waals surface area contributed by atoms with E-state index in [0.717, 1.165) is 11.8 Å². The van der Waals surface area contributed by atoms with E-state index < -0.39 is 17.1 Å². The molecule has 0 amide bonds. The fourth-order valence-corrected chi connectivity index (χ4v) is 2.55. The number of rotatable bonds is 3. The molecule has 0 aliphatic rings. The van der Waals surface area contributed by atoms with Crippen molar-refractivity contribution in [2.24, 2.45) is 7.05 Å². The molecule has 2 aromatic rings. The second-order valence-electron chi connectivity index (χ2n) is 3.75. The van der Waals surface area contributed by atoms with Gasteiger partial charge in [-0.1, -0.05) is 23.4 Å². The van der Waals surface area contributed by atoms with Crippen molar-refractivity contribution in [3.8, 4) is 0 Å². The van der Waals surface area contributed by atoms with E-state index in [2.05, 4.69) is 10.1 Å². The Morgan fingerprint density at radius 3 is 2.75 bits per heavy atom. The highest BCUT2D eigenvalue weighted by atomic mass is 35.5. The number of benzene rings is 1. The van der Waals surface area contributed by atoms with E-state index in [1.165, 1.54) is 29.9 Å². The second-order valence-corrected chi connectivity index (χ2v) is 5.20. The number of H-pyrrole nitrogens is 1. The predicted molar refractivity (Wildman–Crippen MR) is 72.6 cm³/mol. The van der Waals surface area contributed by atoms with E-state index in [4.69, 9.17) is 16.7 Å². The third-order valence-corrected chi connectivity index (χ3v) is 3.68. The maximum absolute atomic E-state index is 11.2. The minimum Gasteiger partial charge on any atom is -0.478 e. The lowest BCUT2D eigenvalue weighted by atomic mass is 10.2. The van der Waals surface area contributed by atoms with Gasteiger partial charge in [0.25, 0.3) is 0 Å². The first-order valence-corrected chi connectivity index (χ1v) is 6.46. The van der Waals surface area contributed by atoms with E-state index in [1.807, 2.05) is 0 Å². The number of carbonyl (C=O) groups is 1. The van der Waals surface area contributed by atoms with Gasteiger partial charge in [0.2, 0.25) is 0 Å². The van der Waals surface area contributed by atoms with Gasteiger partial charge in [0.1, 0.15) is 0 Å². The van der Waals surface area contributed by atoms with Crippen molar-refractivity contribution < 1.29 is 9.90 Å². The van der Waals surface area contributed by atoms with Crippen LogP contribution in [0.15, 0.2) is 37.8 Å². The number of nitrogens with one attached hydrogen (secondary N) is 1. The van der Waals surface area contributed by atoms with E-state index in [1.54, 1.807) is 0 Å². The molecule has 0 saturated heterocycles. The lowest BCUT2D eigenvalue weighted by molar-refractivity contribution is 0.0697.